The second-order valence-electron chi connectivity index (χ2n) is 8.93. The number of para-hydroxylation sites is 1. The van der Waals surface area contributed by atoms with Gasteiger partial charge in [-0.05, 0) is 48.4 Å². The zero-order valence-corrected chi connectivity index (χ0v) is 18.2. The fraction of sp³-hybridized carbons (Fsp3) is 0.269. The standard InChI is InChI=1S/C26H22ClN3O2/c27-20-11-5-16(6-12-20)14-29-15-19(21-3-1-2-4-22(21)29)13-28-30-25(31)23-17-7-8-18(10-9-17)24(23)26(30)32/h1-8,11-13,15,17-18,23-24H,9-10,14H2. The zero-order chi connectivity index (χ0) is 21.8. The molecule has 2 bridgehead atoms. The minimum Gasteiger partial charge on any atom is -0.342 e. The highest BCUT2D eigenvalue weighted by Gasteiger charge is 2.56. The lowest BCUT2D eigenvalue weighted by Crippen LogP contribution is -2.38. The highest BCUT2D eigenvalue weighted by atomic mass is 35.5. The van der Waals surface area contributed by atoms with Crippen LogP contribution in [0.3, 0.4) is 0 Å². The van der Waals surface area contributed by atoms with Crippen LogP contribution >= 0.6 is 11.6 Å². The van der Waals surface area contributed by atoms with Crippen LogP contribution in [0.2, 0.25) is 5.02 Å². The van der Waals surface area contributed by atoms with Crippen LogP contribution in [0.5, 0.6) is 0 Å². The summed E-state index contributed by atoms with van der Waals surface area (Å²) in [6.07, 6.45) is 9.89. The molecule has 2 aromatic carbocycles. The molecule has 1 aliphatic heterocycles. The van der Waals surface area contributed by atoms with E-state index in [1.165, 1.54) is 0 Å². The van der Waals surface area contributed by atoms with E-state index in [1.807, 2.05) is 48.7 Å². The van der Waals surface area contributed by atoms with Gasteiger partial charge in [0.2, 0.25) is 0 Å². The van der Waals surface area contributed by atoms with Gasteiger partial charge in [-0.25, -0.2) is 0 Å². The Labute approximate surface area is 191 Å². The smallest absolute Gasteiger partial charge is 0.254 e. The Morgan fingerprint density at radius 3 is 2.25 bits per heavy atom. The first-order valence-corrected chi connectivity index (χ1v) is 11.4. The van der Waals surface area contributed by atoms with Gasteiger partial charge in [0.05, 0.1) is 18.1 Å². The highest BCUT2D eigenvalue weighted by molar-refractivity contribution is 6.30. The molecule has 1 aromatic heterocycles. The minimum atomic E-state index is -0.241. The number of hydrogen-bond acceptors (Lipinski definition) is 3. The minimum absolute atomic E-state index is 0.153. The van der Waals surface area contributed by atoms with E-state index in [2.05, 4.69) is 27.9 Å². The first-order chi connectivity index (χ1) is 15.6. The Kier molecular flexibility index (Phi) is 4.54. The number of hydrogen-bond donors (Lipinski definition) is 0. The fourth-order valence-corrected chi connectivity index (χ4v) is 5.71. The number of allylic oxidation sites excluding steroid dienone is 2. The molecule has 1 saturated carbocycles. The van der Waals surface area contributed by atoms with Gasteiger partial charge in [-0.15, -0.1) is 0 Å². The molecule has 0 N–H and O–H groups in total. The van der Waals surface area contributed by atoms with E-state index >= 15 is 0 Å². The van der Waals surface area contributed by atoms with Crippen LogP contribution in [-0.2, 0) is 16.1 Å². The maximum atomic E-state index is 13.0. The second-order valence-corrected chi connectivity index (χ2v) is 9.37. The van der Waals surface area contributed by atoms with Crippen molar-refractivity contribution in [2.24, 2.45) is 28.8 Å². The molecule has 0 spiro atoms. The van der Waals surface area contributed by atoms with Gasteiger partial charge in [-0.1, -0.05) is 54.1 Å². The number of halogens is 1. The molecule has 32 heavy (non-hydrogen) atoms. The van der Waals surface area contributed by atoms with Crippen LogP contribution in [-0.4, -0.2) is 27.6 Å². The summed E-state index contributed by atoms with van der Waals surface area (Å²) < 4.78 is 2.15. The average Bonchev–Trinajstić information content (AvgIpc) is 3.31. The Morgan fingerprint density at radius 1 is 0.938 bits per heavy atom. The van der Waals surface area contributed by atoms with Gasteiger partial charge in [0.1, 0.15) is 0 Å². The van der Waals surface area contributed by atoms with E-state index in [4.69, 9.17) is 11.6 Å². The number of fused-ring (bicyclic) bond motifs is 2. The van der Waals surface area contributed by atoms with E-state index in [0.717, 1.165) is 39.9 Å². The maximum Gasteiger partial charge on any atom is 0.254 e. The third kappa shape index (κ3) is 3.03. The molecule has 3 aliphatic carbocycles. The van der Waals surface area contributed by atoms with Gasteiger partial charge in [-0.2, -0.15) is 10.1 Å². The maximum absolute atomic E-state index is 13.0. The number of amides is 2. The van der Waals surface area contributed by atoms with Gasteiger partial charge >= 0.3 is 0 Å². The summed E-state index contributed by atoms with van der Waals surface area (Å²) in [6, 6.07) is 15.9. The molecule has 1 saturated heterocycles. The van der Waals surface area contributed by atoms with Crippen molar-refractivity contribution in [3.8, 4) is 0 Å². The van der Waals surface area contributed by atoms with Gasteiger partial charge in [-0.3, -0.25) is 9.59 Å². The summed E-state index contributed by atoms with van der Waals surface area (Å²) in [4.78, 5) is 26.1. The third-order valence-corrected chi connectivity index (χ3v) is 7.39. The second kappa shape index (κ2) is 7.45. The van der Waals surface area contributed by atoms with Crippen LogP contribution in [0.4, 0.5) is 0 Å². The third-order valence-electron chi connectivity index (χ3n) is 7.13. The van der Waals surface area contributed by atoms with Crippen molar-refractivity contribution >= 4 is 40.5 Å². The lowest BCUT2D eigenvalue weighted by Gasteiger charge is -2.37. The average molecular weight is 444 g/mol. The molecule has 2 heterocycles. The molecule has 4 unspecified atom stereocenters. The molecule has 6 heteroatoms. The van der Waals surface area contributed by atoms with Gasteiger partial charge < -0.3 is 4.57 Å². The van der Waals surface area contributed by atoms with E-state index in [1.54, 1.807) is 6.21 Å². The molecule has 0 radical (unpaired) electrons. The van der Waals surface area contributed by atoms with Crippen molar-refractivity contribution in [2.75, 3.05) is 0 Å². The summed E-state index contributed by atoms with van der Waals surface area (Å²) in [5.74, 6) is -0.449. The molecule has 3 aromatic rings. The number of hydrazone groups is 1. The van der Waals surface area contributed by atoms with E-state index in [-0.39, 0.29) is 35.5 Å². The van der Waals surface area contributed by atoms with Crippen LogP contribution < -0.4 is 0 Å². The molecular weight excluding hydrogens is 422 g/mol. The van der Waals surface area contributed by atoms with Crippen molar-refractivity contribution < 1.29 is 9.59 Å². The van der Waals surface area contributed by atoms with Crippen molar-refractivity contribution in [1.29, 1.82) is 0 Å². The number of imide groups is 1. The molecule has 7 rings (SSSR count). The largest absolute Gasteiger partial charge is 0.342 e. The van der Waals surface area contributed by atoms with Gasteiger partial charge in [0, 0.05) is 34.2 Å². The molecule has 160 valence electrons. The molecule has 2 fully saturated rings. The fourth-order valence-electron chi connectivity index (χ4n) is 5.59. The van der Waals surface area contributed by atoms with Crippen molar-refractivity contribution in [3.63, 3.8) is 0 Å². The lowest BCUT2D eigenvalue weighted by atomic mass is 9.63. The summed E-state index contributed by atoms with van der Waals surface area (Å²) in [6.45, 7) is 0.687. The predicted octanol–water partition coefficient (Wildman–Crippen LogP) is 4.87. The normalized spacial score (nSPS) is 26.6. The van der Waals surface area contributed by atoms with Gasteiger partial charge in [0.15, 0.2) is 0 Å². The highest BCUT2D eigenvalue weighted by Crippen LogP contribution is 2.49. The lowest BCUT2D eigenvalue weighted by molar-refractivity contribution is -0.140. The number of nitrogens with zero attached hydrogens (tertiary/aromatic N) is 3. The van der Waals surface area contributed by atoms with Crippen molar-refractivity contribution in [2.45, 2.75) is 19.4 Å². The van der Waals surface area contributed by atoms with Crippen LogP contribution in [0.1, 0.15) is 24.0 Å². The summed E-state index contributed by atoms with van der Waals surface area (Å²) in [5, 5.41) is 7.28. The molecule has 4 aliphatic rings. The Morgan fingerprint density at radius 2 is 1.59 bits per heavy atom. The zero-order valence-electron chi connectivity index (χ0n) is 17.4. The molecule has 5 nitrogen and oxygen atoms in total. The number of rotatable bonds is 4. The SMILES string of the molecule is O=C1C2C3C=CC(CC3)C2C(=O)N1N=Cc1cn(Cc2ccc(Cl)cc2)c2ccccc12. The van der Waals surface area contributed by atoms with Crippen LogP contribution in [0.15, 0.2) is 72.0 Å². The quantitative estimate of drug-likeness (QED) is 0.328. The first-order valence-electron chi connectivity index (χ1n) is 11.0. The number of carbonyl (C=O) groups excluding carboxylic acids is 2. The summed E-state index contributed by atoms with van der Waals surface area (Å²) >= 11 is 6.02. The van der Waals surface area contributed by atoms with Crippen molar-refractivity contribution in [3.05, 3.63) is 83.0 Å². The van der Waals surface area contributed by atoms with E-state index < -0.39 is 0 Å². The van der Waals surface area contributed by atoms with E-state index in [0.29, 0.717) is 11.6 Å². The number of aromatic nitrogens is 1. The number of benzene rings is 2. The molecular formula is C26H22ClN3O2. The summed E-state index contributed by atoms with van der Waals surface area (Å²) in [5.41, 5.74) is 3.08. The number of carbonyl (C=O) groups is 2. The van der Waals surface area contributed by atoms with Crippen LogP contribution in [0.25, 0.3) is 10.9 Å². The van der Waals surface area contributed by atoms with Crippen molar-refractivity contribution in [1.82, 2.24) is 9.58 Å². The Bertz CT molecular complexity index is 1260. The first kappa shape index (κ1) is 19.5. The Balaban J connectivity index is 1.32. The summed E-state index contributed by atoms with van der Waals surface area (Å²) in [7, 11) is 0. The van der Waals surface area contributed by atoms with E-state index in [9.17, 15) is 9.59 Å². The monoisotopic (exact) mass is 443 g/mol. The molecule has 4 atom stereocenters. The Hall–Kier alpha value is -3.18. The van der Waals surface area contributed by atoms with Gasteiger partial charge in [0.25, 0.3) is 11.8 Å². The van der Waals surface area contributed by atoms with Crippen LogP contribution in [0, 0.1) is 23.7 Å². The predicted molar refractivity (Wildman–Crippen MR) is 124 cm³/mol. The molecule has 2 amide bonds. The topological polar surface area (TPSA) is 54.7 Å².